The maximum absolute atomic E-state index is 4.38. The molecule has 0 N–H and O–H groups in total. The van der Waals surface area contributed by atoms with E-state index in [0.717, 1.165) is 10.9 Å². The summed E-state index contributed by atoms with van der Waals surface area (Å²) in [5.41, 5.74) is 1.03. The molecule has 0 aliphatic rings. The Morgan fingerprint density at radius 2 is 1.52 bits per heavy atom. The van der Waals surface area contributed by atoms with Gasteiger partial charge in [0.2, 0.25) is 0 Å². The first-order valence-corrected chi connectivity index (χ1v) is 6.30. The normalized spacial score (nSPS) is 7.81. The van der Waals surface area contributed by atoms with Crippen LogP contribution in [-0.2, 0) is 20.4 Å². The van der Waals surface area contributed by atoms with Gasteiger partial charge in [-0.25, -0.2) is 0 Å². The van der Waals surface area contributed by atoms with Crippen LogP contribution in [0.2, 0.25) is 0 Å². The van der Waals surface area contributed by atoms with Crippen molar-refractivity contribution in [1.82, 2.24) is 4.98 Å². The number of hydrogen-bond acceptors (Lipinski definition) is 1. The molecule has 2 aromatic carbocycles. The summed E-state index contributed by atoms with van der Waals surface area (Å²) in [7, 11) is 0. The molecule has 1 heterocycles. The summed E-state index contributed by atoms with van der Waals surface area (Å²) < 4.78 is 0. The number of aromatic nitrogens is 1. The molecule has 0 saturated heterocycles. The van der Waals surface area contributed by atoms with Gasteiger partial charge in [-0.3, -0.25) is 0 Å². The molecule has 0 fully saturated rings. The van der Waals surface area contributed by atoms with Crippen LogP contribution in [-0.4, -0.2) is 4.98 Å². The molecule has 0 atom stereocenters. The third-order valence-corrected chi connectivity index (χ3v) is 2.41. The topological polar surface area (TPSA) is 12.9 Å². The van der Waals surface area contributed by atoms with Crippen LogP contribution in [0.1, 0.15) is 28.2 Å². The molecule has 0 amide bonds. The SMILES string of the molecule is C.CC.[CH2-]C.[CH3-].[Pd].[c-]1cccc2ccc3cccnc3c12. The Morgan fingerprint density at radius 3 is 2.19 bits per heavy atom. The Hall–Kier alpha value is -1.23. The molecule has 0 radical (unpaired) electrons. The van der Waals surface area contributed by atoms with Gasteiger partial charge < -0.3 is 19.3 Å². The number of benzene rings is 2. The minimum absolute atomic E-state index is 0. The maximum Gasteiger partial charge on any atom is 0.0161 e. The summed E-state index contributed by atoms with van der Waals surface area (Å²) in [5.74, 6) is 0. The second-order valence-electron chi connectivity index (χ2n) is 3.28. The zero-order valence-electron chi connectivity index (χ0n) is 12.6. The van der Waals surface area contributed by atoms with Crippen molar-refractivity contribution in [2.75, 3.05) is 0 Å². The van der Waals surface area contributed by atoms with Gasteiger partial charge >= 0.3 is 0 Å². The van der Waals surface area contributed by atoms with Crippen molar-refractivity contribution < 1.29 is 20.4 Å². The van der Waals surface area contributed by atoms with E-state index in [2.05, 4.69) is 42.2 Å². The van der Waals surface area contributed by atoms with Gasteiger partial charge in [0, 0.05) is 26.6 Å². The third kappa shape index (κ3) is 5.96. The standard InChI is InChI=1S/C13H8N.C2H6.C2H5.CH4.CH3.Pd/c1-2-6-12-10(4-1)7-8-11-5-3-9-14-13(11)12;2*1-2;;;/h1-5,7-9H;1-2H3;1H2,2H3;1H4;1H3;/q-1;;-1;;-1;. The van der Waals surface area contributed by atoms with Gasteiger partial charge in [-0.05, 0) is 17.0 Å². The van der Waals surface area contributed by atoms with Gasteiger partial charge in [0.15, 0.2) is 0 Å². The fraction of sp³-hybridized carbons (Fsp3) is 0.211. The number of nitrogens with zero attached hydrogens (tertiary/aromatic N) is 1. The van der Waals surface area contributed by atoms with Crippen LogP contribution < -0.4 is 0 Å². The van der Waals surface area contributed by atoms with Gasteiger partial charge in [0.1, 0.15) is 0 Å². The van der Waals surface area contributed by atoms with Crippen molar-refractivity contribution in [2.24, 2.45) is 0 Å². The fourth-order valence-corrected chi connectivity index (χ4v) is 1.73. The van der Waals surface area contributed by atoms with E-state index in [4.69, 9.17) is 0 Å². The molecular formula is C19H26NPd-3. The molecule has 1 nitrogen and oxygen atoms in total. The Kier molecular flexibility index (Phi) is 16.2. The number of hydrogen-bond donors (Lipinski definition) is 0. The van der Waals surface area contributed by atoms with Gasteiger partial charge in [-0.1, -0.05) is 39.5 Å². The molecule has 0 aliphatic heterocycles. The molecular weight excluding hydrogens is 349 g/mol. The maximum atomic E-state index is 4.38. The first-order valence-electron chi connectivity index (χ1n) is 6.30. The fourth-order valence-electron chi connectivity index (χ4n) is 1.73. The third-order valence-electron chi connectivity index (χ3n) is 2.41. The van der Waals surface area contributed by atoms with E-state index >= 15 is 0 Å². The van der Waals surface area contributed by atoms with E-state index in [9.17, 15) is 0 Å². The average molecular weight is 375 g/mol. The molecule has 3 aromatic rings. The molecule has 21 heavy (non-hydrogen) atoms. The molecule has 0 unspecified atom stereocenters. The van der Waals surface area contributed by atoms with Crippen LogP contribution in [0, 0.1) is 20.4 Å². The van der Waals surface area contributed by atoms with Crippen LogP contribution in [0.3, 0.4) is 0 Å². The summed E-state index contributed by atoms with van der Waals surface area (Å²) in [6.45, 7) is 9.00. The predicted octanol–water partition coefficient (Wildman–Crippen LogP) is 6.14. The van der Waals surface area contributed by atoms with E-state index in [1.807, 2.05) is 38.2 Å². The van der Waals surface area contributed by atoms with Crippen molar-refractivity contribution >= 4 is 21.7 Å². The van der Waals surface area contributed by atoms with Gasteiger partial charge in [-0.2, -0.15) is 6.92 Å². The second-order valence-corrected chi connectivity index (χ2v) is 3.28. The minimum atomic E-state index is 0. The van der Waals surface area contributed by atoms with E-state index in [1.54, 1.807) is 6.92 Å². The zero-order chi connectivity index (χ0) is 13.4. The molecule has 0 aliphatic carbocycles. The summed E-state index contributed by atoms with van der Waals surface area (Å²) in [4.78, 5) is 4.38. The molecule has 0 spiro atoms. The first-order chi connectivity index (χ1) is 8.95. The summed E-state index contributed by atoms with van der Waals surface area (Å²) in [6, 6.07) is 17.5. The van der Waals surface area contributed by atoms with Crippen molar-refractivity contribution in [1.29, 1.82) is 0 Å². The number of pyridine rings is 1. The van der Waals surface area contributed by atoms with Crippen LogP contribution >= 0.6 is 0 Å². The molecule has 2 heteroatoms. The van der Waals surface area contributed by atoms with Crippen molar-refractivity contribution in [3.05, 3.63) is 69.1 Å². The van der Waals surface area contributed by atoms with Crippen LogP contribution in [0.5, 0.6) is 0 Å². The molecule has 0 bridgehead atoms. The zero-order valence-corrected chi connectivity index (χ0v) is 14.1. The second kappa shape index (κ2) is 13.7. The van der Waals surface area contributed by atoms with E-state index < -0.39 is 0 Å². The first kappa shape index (κ1) is 24.8. The quantitative estimate of drug-likeness (QED) is 0.262. The van der Waals surface area contributed by atoms with Crippen molar-refractivity contribution in [2.45, 2.75) is 28.2 Å². The van der Waals surface area contributed by atoms with Crippen molar-refractivity contribution in [3.63, 3.8) is 0 Å². The van der Waals surface area contributed by atoms with E-state index in [0.29, 0.717) is 0 Å². The van der Waals surface area contributed by atoms with E-state index in [-0.39, 0.29) is 35.3 Å². The van der Waals surface area contributed by atoms with Crippen molar-refractivity contribution in [3.8, 4) is 0 Å². The average Bonchev–Trinajstić information content (AvgIpc) is 2.51. The van der Waals surface area contributed by atoms with Crippen LogP contribution in [0.15, 0.2) is 48.7 Å². The Labute approximate surface area is 144 Å². The molecule has 3 rings (SSSR count). The largest absolute Gasteiger partial charge is 0.358 e. The van der Waals surface area contributed by atoms with Gasteiger partial charge in [0.25, 0.3) is 0 Å². The summed E-state index contributed by atoms with van der Waals surface area (Å²) in [5, 5.41) is 3.46. The Balaban J connectivity index is -0.000000430. The monoisotopic (exact) mass is 374 g/mol. The van der Waals surface area contributed by atoms with Gasteiger partial charge in [-0.15, -0.1) is 35.0 Å². The molecule has 0 saturated carbocycles. The van der Waals surface area contributed by atoms with Crippen LogP contribution in [0.4, 0.5) is 0 Å². The number of rotatable bonds is 0. The van der Waals surface area contributed by atoms with E-state index in [1.165, 1.54) is 10.8 Å². The molecule has 120 valence electrons. The van der Waals surface area contributed by atoms with Gasteiger partial charge in [0.05, 0.1) is 0 Å². The summed E-state index contributed by atoms with van der Waals surface area (Å²) in [6.07, 6.45) is 1.82. The number of fused-ring (bicyclic) bond motifs is 3. The molecule has 1 aromatic heterocycles. The predicted molar refractivity (Wildman–Crippen MR) is 93.6 cm³/mol. The minimum Gasteiger partial charge on any atom is -0.358 e. The summed E-state index contributed by atoms with van der Waals surface area (Å²) >= 11 is 0. The Morgan fingerprint density at radius 1 is 0.952 bits per heavy atom. The van der Waals surface area contributed by atoms with Crippen LogP contribution in [0.25, 0.3) is 21.7 Å². The Bertz CT molecular complexity index is 551. The smallest absolute Gasteiger partial charge is 0.0161 e.